The second-order valence-corrected chi connectivity index (χ2v) is 7.32. The van der Waals surface area contributed by atoms with Crippen molar-refractivity contribution in [1.29, 1.82) is 0 Å². The lowest BCUT2D eigenvalue weighted by molar-refractivity contribution is -0.113. The number of Topliss-reactive ketones (excluding diaryl/α,β-unsaturated/α-hetero) is 1. The Morgan fingerprint density at radius 2 is 2.09 bits per heavy atom. The number of allylic oxidation sites excluding steroid dienone is 2. The largest absolute Gasteiger partial charge is 0.481 e. The van der Waals surface area contributed by atoms with Crippen LogP contribution in [0, 0.1) is 11.6 Å². The summed E-state index contributed by atoms with van der Waals surface area (Å²) in [4.78, 5) is 21.5. The molecule has 2 heterocycles. The predicted octanol–water partition coefficient (Wildman–Crippen LogP) is 5.33. The fraction of sp³-hybridized carbons (Fsp3) is 0.174. The van der Waals surface area contributed by atoms with Gasteiger partial charge in [-0.3, -0.25) is 9.79 Å². The number of halogens is 3. The summed E-state index contributed by atoms with van der Waals surface area (Å²) in [5.41, 5.74) is 1.33. The van der Waals surface area contributed by atoms with Crippen LogP contribution in [-0.2, 0) is 11.3 Å². The molecule has 0 saturated carbocycles. The van der Waals surface area contributed by atoms with Crippen LogP contribution in [0.1, 0.15) is 25.0 Å². The highest BCUT2D eigenvalue weighted by molar-refractivity contribution is 6.30. The maximum Gasteiger partial charge on any atom is 0.218 e. The van der Waals surface area contributed by atoms with Crippen molar-refractivity contribution in [2.24, 2.45) is 4.99 Å². The van der Waals surface area contributed by atoms with Gasteiger partial charge in [0.1, 0.15) is 5.82 Å². The lowest BCUT2D eigenvalue weighted by Crippen LogP contribution is -2.18. The van der Waals surface area contributed by atoms with Crippen LogP contribution in [0.25, 0.3) is 5.70 Å². The van der Waals surface area contributed by atoms with E-state index in [9.17, 15) is 9.18 Å². The Kier molecular flexibility index (Phi) is 7.05. The van der Waals surface area contributed by atoms with E-state index in [1.165, 1.54) is 49.8 Å². The molecule has 9 heteroatoms. The number of ether oxygens (including phenoxy) is 1. The van der Waals surface area contributed by atoms with Gasteiger partial charge < -0.3 is 15.0 Å². The van der Waals surface area contributed by atoms with Crippen LogP contribution in [0.2, 0.25) is 5.02 Å². The number of pyridine rings is 1. The van der Waals surface area contributed by atoms with Gasteiger partial charge in [0.25, 0.3) is 0 Å². The average molecular weight is 459 g/mol. The third kappa shape index (κ3) is 4.70. The summed E-state index contributed by atoms with van der Waals surface area (Å²) >= 11 is 5.98. The highest BCUT2D eigenvalue weighted by atomic mass is 35.5. The highest BCUT2D eigenvalue weighted by Crippen LogP contribution is 2.32. The van der Waals surface area contributed by atoms with Crippen LogP contribution >= 0.6 is 11.6 Å². The topological polar surface area (TPSA) is 66.8 Å². The number of hydrogen-bond acceptors (Lipinski definition) is 6. The molecule has 0 amide bonds. The fourth-order valence-corrected chi connectivity index (χ4v) is 3.26. The van der Waals surface area contributed by atoms with Crippen LogP contribution in [-0.4, -0.2) is 29.0 Å². The molecule has 1 aliphatic heterocycles. The number of carbonyl (C=O) groups is 1. The third-order valence-corrected chi connectivity index (χ3v) is 5.08. The Labute approximate surface area is 189 Å². The van der Waals surface area contributed by atoms with Gasteiger partial charge in [-0.05, 0) is 32.0 Å². The Hall–Kier alpha value is -3.52. The number of anilines is 1. The van der Waals surface area contributed by atoms with E-state index in [1.807, 2.05) is 0 Å². The minimum Gasteiger partial charge on any atom is -0.481 e. The summed E-state index contributed by atoms with van der Waals surface area (Å²) in [6.45, 7) is 6.91. The Bertz CT molecular complexity index is 1170. The molecule has 6 nitrogen and oxygen atoms in total. The zero-order valence-electron chi connectivity index (χ0n) is 17.7. The molecule has 0 bridgehead atoms. The standard InChI is InChI=1S/C23H21ClF2N4O2/c1-5-30-12-19(28-11-20(30)13(2)14(3)31)21-17(25)6-7-18(22(21)26)27-9-15-8-16(24)10-29-23(15)32-4/h5-8,10-12,27H,1,9H2,2-4H3/b20-13+. The molecule has 1 aromatic carbocycles. The van der Waals surface area contributed by atoms with Gasteiger partial charge in [0.15, 0.2) is 11.6 Å². The summed E-state index contributed by atoms with van der Waals surface area (Å²) in [5.74, 6) is -1.41. The summed E-state index contributed by atoms with van der Waals surface area (Å²) in [6, 6.07) is 4.08. The molecule has 3 rings (SSSR count). The lowest BCUT2D eigenvalue weighted by atomic mass is 10.1. The maximum absolute atomic E-state index is 15.3. The molecule has 0 unspecified atom stereocenters. The zero-order valence-corrected chi connectivity index (χ0v) is 18.5. The van der Waals surface area contributed by atoms with Gasteiger partial charge in [0.2, 0.25) is 5.88 Å². The first-order valence-corrected chi connectivity index (χ1v) is 9.93. The molecule has 2 aromatic rings. The normalized spacial score (nSPS) is 14.7. The number of aromatic nitrogens is 1. The quantitative estimate of drug-likeness (QED) is 0.568. The number of methoxy groups -OCH3 is 1. The van der Waals surface area contributed by atoms with E-state index >= 15 is 4.39 Å². The van der Waals surface area contributed by atoms with Crippen molar-refractivity contribution in [2.45, 2.75) is 20.4 Å². The van der Waals surface area contributed by atoms with Gasteiger partial charge in [-0.25, -0.2) is 13.8 Å². The molecule has 1 aliphatic rings. The summed E-state index contributed by atoms with van der Waals surface area (Å²) in [5, 5.41) is 3.32. The van der Waals surface area contributed by atoms with Crippen LogP contribution in [0.5, 0.6) is 5.88 Å². The number of nitrogens with zero attached hydrogens (tertiary/aromatic N) is 3. The maximum atomic E-state index is 15.3. The smallest absolute Gasteiger partial charge is 0.218 e. The molecule has 0 spiro atoms. The number of rotatable bonds is 7. The molecule has 0 saturated heterocycles. The summed E-state index contributed by atoms with van der Waals surface area (Å²) in [6.07, 6.45) is 5.68. The number of carbonyl (C=O) groups excluding carboxylic acids is 1. The summed E-state index contributed by atoms with van der Waals surface area (Å²) < 4.78 is 35.1. The minimum absolute atomic E-state index is 0.0469. The van der Waals surface area contributed by atoms with E-state index in [0.717, 1.165) is 6.07 Å². The SMILES string of the molecule is C=CN1C=C(c2c(F)ccc(NCc3cc(Cl)cnc3OC)c2F)N=C/C1=C(/C)C(C)=O. The fourth-order valence-electron chi connectivity index (χ4n) is 3.08. The number of benzene rings is 1. The molecule has 32 heavy (non-hydrogen) atoms. The van der Waals surface area contributed by atoms with Crippen LogP contribution in [0.15, 0.2) is 59.6 Å². The van der Waals surface area contributed by atoms with Gasteiger partial charge in [-0.1, -0.05) is 18.2 Å². The van der Waals surface area contributed by atoms with Crippen molar-refractivity contribution in [2.75, 3.05) is 12.4 Å². The first-order valence-electron chi connectivity index (χ1n) is 9.56. The van der Waals surface area contributed by atoms with E-state index in [1.54, 1.807) is 13.0 Å². The average Bonchev–Trinajstić information content (AvgIpc) is 2.78. The molecular weight excluding hydrogens is 438 g/mol. The highest BCUT2D eigenvalue weighted by Gasteiger charge is 2.22. The van der Waals surface area contributed by atoms with Gasteiger partial charge in [-0.2, -0.15) is 0 Å². The molecule has 1 aromatic heterocycles. The van der Waals surface area contributed by atoms with Crippen LogP contribution in [0.3, 0.4) is 0 Å². The number of hydrogen-bond donors (Lipinski definition) is 1. The molecule has 166 valence electrons. The van der Waals surface area contributed by atoms with Crippen molar-refractivity contribution >= 4 is 35.0 Å². The Morgan fingerprint density at radius 1 is 1.34 bits per heavy atom. The number of nitrogens with one attached hydrogen (secondary N) is 1. The van der Waals surface area contributed by atoms with Crippen LogP contribution < -0.4 is 10.1 Å². The van der Waals surface area contributed by atoms with Crippen molar-refractivity contribution < 1.29 is 18.3 Å². The van der Waals surface area contributed by atoms with E-state index in [0.29, 0.717) is 27.7 Å². The molecule has 0 aliphatic carbocycles. The van der Waals surface area contributed by atoms with E-state index in [2.05, 4.69) is 21.9 Å². The zero-order chi connectivity index (χ0) is 23.4. The van der Waals surface area contributed by atoms with Gasteiger partial charge in [-0.15, -0.1) is 0 Å². The number of ketones is 1. The van der Waals surface area contributed by atoms with E-state index in [4.69, 9.17) is 16.3 Å². The Morgan fingerprint density at radius 3 is 2.75 bits per heavy atom. The second kappa shape index (κ2) is 9.74. The molecule has 1 N–H and O–H groups in total. The first kappa shape index (κ1) is 23.1. The van der Waals surface area contributed by atoms with Gasteiger partial charge in [0.05, 0.1) is 41.0 Å². The first-order chi connectivity index (χ1) is 15.3. The van der Waals surface area contributed by atoms with Crippen molar-refractivity contribution in [3.05, 3.63) is 82.4 Å². The number of aliphatic imine (C=N–C) groups is 1. The third-order valence-electron chi connectivity index (χ3n) is 4.88. The van der Waals surface area contributed by atoms with Gasteiger partial charge >= 0.3 is 0 Å². The minimum atomic E-state index is -0.818. The Balaban J connectivity index is 1.95. The molecule has 0 radical (unpaired) electrons. The van der Waals surface area contributed by atoms with Crippen molar-refractivity contribution in [1.82, 2.24) is 9.88 Å². The molecular formula is C23H21ClF2N4O2. The molecule has 0 fully saturated rings. The predicted molar refractivity (Wildman–Crippen MR) is 121 cm³/mol. The lowest BCUT2D eigenvalue weighted by Gasteiger charge is -2.23. The second-order valence-electron chi connectivity index (χ2n) is 6.89. The van der Waals surface area contributed by atoms with Crippen LogP contribution in [0.4, 0.5) is 14.5 Å². The van der Waals surface area contributed by atoms with E-state index < -0.39 is 11.6 Å². The van der Waals surface area contributed by atoms with Crippen molar-refractivity contribution in [3.8, 4) is 5.88 Å². The van der Waals surface area contributed by atoms with Crippen molar-refractivity contribution in [3.63, 3.8) is 0 Å². The van der Waals surface area contributed by atoms with E-state index in [-0.39, 0.29) is 29.3 Å². The monoisotopic (exact) mass is 458 g/mol. The van der Waals surface area contributed by atoms with Gasteiger partial charge in [0, 0.05) is 36.3 Å². The molecule has 0 atom stereocenters. The summed E-state index contributed by atoms with van der Waals surface area (Å²) in [7, 11) is 1.46.